The van der Waals surface area contributed by atoms with Crippen molar-refractivity contribution in [2.75, 3.05) is 6.61 Å². The molecule has 5 unspecified atom stereocenters. The lowest BCUT2D eigenvalue weighted by Crippen LogP contribution is -2.31. The minimum atomic E-state index is -0.640. The summed E-state index contributed by atoms with van der Waals surface area (Å²) in [5.41, 5.74) is 0. The summed E-state index contributed by atoms with van der Waals surface area (Å²) in [7, 11) is 0. The van der Waals surface area contributed by atoms with Crippen LogP contribution in [-0.4, -0.2) is 24.6 Å². The zero-order chi connectivity index (χ0) is 12.0. The molecule has 0 amide bonds. The summed E-state index contributed by atoms with van der Waals surface area (Å²) in [5, 5.41) is 0. The quantitative estimate of drug-likeness (QED) is 0.684. The van der Waals surface area contributed by atoms with Gasteiger partial charge < -0.3 is 9.47 Å². The van der Waals surface area contributed by atoms with Crippen molar-refractivity contribution >= 4 is 11.9 Å². The molecular weight excluding hydrogens is 220 g/mol. The van der Waals surface area contributed by atoms with Crippen LogP contribution < -0.4 is 0 Å². The van der Waals surface area contributed by atoms with Gasteiger partial charge in [-0.15, -0.1) is 0 Å². The molecule has 5 atom stereocenters. The lowest BCUT2D eigenvalue weighted by atomic mass is 9.83. The number of ether oxygens (including phenoxy) is 2. The average Bonchev–Trinajstić information content (AvgIpc) is 2.94. The highest BCUT2D eigenvalue weighted by molar-refractivity contribution is 5.81. The maximum atomic E-state index is 12.0. The Morgan fingerprint density at radius 2 is 2.12 bits per heavy atom. The van der Waals surface area contributed by atoms with E-state index < -0.39 is 6.10 Å². The van der Waals surface area contributed by atoms with E-state index in [1.54, 1.807) is 0 Å². The third-order valence-electron chi connectivity index (χ3n) is 4.66. The third kappa shape index (κ3) is 1.83. The Bertz CT molecular complexity index is 349. The summed E-state index contributed by atoms with van der Waals surface area (Å²) in [6.07, 6.45) is 3.13. The number of esters is 2. The molecule has 17 heavy (non-hydrogen) atoms. The summed E-state index contributed by atoms with van der Waals surface area (Å²) in [5.74, 6) is 1.40. The van der Waals surface area contributed by atoms with Crippen molar-refractivity contribution in [3.8, 4) is 0 Å². The summed E-state index contributed by atoms with van der Waals surface area (Å²) in [6, 6.07) is 0. The summed E-state index contributed by atoms with van der Waals surface area (Å²) < 4.78 is 10.1. The molecule has 4 heteroatoms. The first-order chi connectivity index (χ1) is 8.15. The van der Waals surface area contributed by atoms with Crippen LogP contribution in [0.3, 0.4) is 0 Å². The highest BCUT2D eigenvalue weighted by atomic mass is 16.6. The maximum absolute atomic E-state index is 12.0. The van der Waals surface area contributed by atoms with Crippen molar-refractivity contribution in [1.29, 1.82) is 0 Å². The zero-order valence-corrected chi connectivity index (χ0v) is 10.1. The normalized spacial score (nSPS) is 43.8. The molecule has 0 aromatic rings. The van der Waals surface area contributed by atoms with Gasteiger partial charge in [-0.3, -0.25) is 4.79 Å². The van der Waals surface area contributed by atoms with Gasteiger partial charge in [0.15, 0.2) is 0 Å². The molecular formula is C13H18O4. The van der Waals surface area contributed by atoms with Gasteiger partial charge in [-0.1, -0.05) is 6.92 Å². The Morgan fingerprint density at radius 1 is 1.29 bits per heavy atom. The van der Waals surface area contributed by atoms with E-state index in [2.05, 4.69) is 6.92 Å². The lowest BCUT2D eigenvalue weighted by Gasteiger charge is -2.24. The molecule has 1 heterocycles. The highest BCUT2D eigenvalue weighted by Crippen LogP contribution is 2.51. The first-order valence-corrected chi connectivity index (χ1v) is 6.52. The fourth-order valence-electron chi connectivity index (χ4n) is 3.66. The molecule has 3 rings (SSSR count). The van der Waals surface area contributed by atoms with Crippen LogP contribution in [0.5, 0.6) is 0 Å². The number of hydrogen-bond donors (Lipinski definition) is 0. The Kier molecular flexibility index (Phi) is 2.60. The predicted molar refractivity (Wildman–Crippen MR) is 58.9 cm³/mol. The fourth-order valence-corrected chi connectivity index (χ4v) is 3.66. The monoisotopic (exact) mass is 238 g/mol. The van der Waals surface area contributed by atoms with E-state index in [0.29, 0.717) is 24.9 Å². The van der Waals surface area contributed by atoms with Crippen LogP contribution in [0.2, 0.25) is 0 Å². The van der Waals surface area contributed by atoms with Crippen LogP contribution >= 0.6 is 0 Å². The molecule has 1 saturated heterocycles. The second-order valence-corrected chi connectivity index (χ2v) is 5.69. The SMILES string of the molecule is CC1CC2CC1CC2C(=O)OC1CCOC1=O. The van der Waals surface area contributed by atoms with E-state index in [9.17, 15) is 9.59 Å². The molecule has 2 bridgehead atoms. The van der Waals surface area contributed by atoms with Gasteiger partial charge in [-0.05, 0) is 37.0 Å². The maximum Gasteiger partial charge on any atom is 0.347 e. The minimum absolute atomic E-state index is 0.0320. The molecule has 0 N–H and O–H groups in total. The lowest BCUT2D eigenvalue weighted by molar-refractivity contribution is -0.164. The van der Waals surface area contributed by atoms with Gasteiger partial charge >= 0.3 is 11.9 Å². The Hall–Kier alpha value is -1.06. The molecule has 94 valence electrons. The summed E-state index contributed by atoms with van der Waals surface area (Å²) in [4.78, 5) is 23.3. The van der Waals surface area contributed by atoms with Crippen LogP contribution in [0, 0.1) is 23.7 Å². The van der Waals surface area contributed by atoms with Gasteiger partial charge in [0, 0.05) is 6.42 Å². The van der Waals surface area contributed by atoms with Gasteiger partial charge in [0.25, 0.3) is 0 Å². The number of fused-ring (bicyclic) bond motifs is 2. The molecule has 4 nitrogen and oxygen atoms in total. The number of carbonyl (C=O) groups excluding carboxylic acids is 2. The van der Waals surface area contributed by atoms with E-state index in [4.69, 9.17) is 9.47 Å². The Labute approximate surface area is 101 Å². The van der Waals surface area contributed by atoms with Gasteiger partial charge in [-0.2, -0.15) is 0 Å². The van der Waals surface area contributed by atoms with Crippen molar-refractivity contribution in [3.63, 3.8) is 0 Å². The molecule has 0 radical (unpaired) electrons. The van der Waals surface area contributed by atoms with Gasteiger partial charge in [0.05, 0.1) is 12.5 Å². The molecule has 1 aliphatic heterocycles. The van der Waals surface area contributed by atoms with E-state index in [0.717, 1.165) is 25.2 Å². The van der Waals surface area contributed by atoms with E-state index in [1.165, 1.54) is 0 Å². The van der Waals surface area contributed by atoms with Gasteiger partial charge in [-0.25, -0.2) is 4.79 Å². The van der Waals surface area contributed by atoms with Crippen LogP contribution in [0.15, 0.2) is 0 Å². The van der Waals surface area contributed by atoms with E-state index >= 15 is 0 Å². The molecule has 0 aromatic heterocycles. The smallest absolute Gasteiger partial charge is 0.347 e. The number of rotatable bonds is 2. The van der Waals surface area contributed by atoms with Crippen LogP contribution in [0.4, 0.5) is 0 Å². The minimum Gasteiger partial charge on any atom is -0.463 e. The fraction of sp³-hybridized carbons (Fsp3) is 0.846. The average molecular weight is 238 g/mol. The Balaban J connectivity index is 1.59. The second kappa shape index (κ2) is 4.00. The summed E-state index contributed by atoms with van der Waals surface area (Å²) >= 11 is 0. The van der Waals surface area contributed by atoms with Crippen LogP contribution in [0.1, 0.15) is 32.6 Å². The van der Waals surface area contributed by atoms with Crippen molar-refractivity contribution in [1.82, 2.24) is 0 Å². The van der Waals surface area contributed by atoms with Crippen molar-refractivity contribution in [2.24, 2.45) is 23.7 Å². The first-order valence-electron chi connectivity index (χ1n) is 6.52. The largest absolute Gasteiger partial charge is 0.463 e. The van der Waals surface area contributed by atoms with Gasteiger partial charge in [0.2, 0.25) is 6.10 Å². The number of hydrogen-bond acceptors (Lipinski definition) is 4. The second-order valence-electron chi connectivity index (χ2n) is 5.69. The topological polar surface area (TPSA) is 52.6 Å². The van der Waals surface area contributed by atoms with Crippen molar-refractivity contribution < 1.29 is 19.1 Å². The third-order valence-corrected chi connectivity index (χ3v) is 4.66. The van der Waals surface area contributed by atoms with Crippen LogP contribution in [0.25, 0.3) is 0 Å². The molecule has 3 fully saturated rings. The van der Waals surface area contributed by atoms with Gasteiger partial charge in [0.1, 0.15) is 0 Å². The standard InChI is InChI=1S/C13H18O4/c1-7-4-9-5-8(7)6-10(9)12(14)17-11-2-3-16-13(11)15/h7-11H,2-6H2,1H3. The number of carbonyl (C=O) groups is 2. The Morgan fingerprint density at radius 3 is 2.65 bits per heavy atom. The molecule has 0 aromatic carbocycles. The predicted octanol–water partition coefficient (Wildman–Crippen LogP) is 1.53. The first kappa shape index (κ1) is 11.1. The molecule has 2 saturated carbocycles. The summed E-state index contributed by atoms with van der Waals surface area (Å²) in [6.45, 7) is 2.64. The van der Waals surface area contributed by atoms with Crippen molar-refractivity contribution in [3.05, 3.63) is 0 Å². The van der Waals surface area contributed by atoms with Crippen molar-refractivity contribution in [2.45, 2.75) is 38.7 Å². The molecule has 0 spiro atoms. The zero-order valence-electron chi connectivity index (χ0n) is 10.1. The van der Waals surface area contributed by atoms with E-state index in [-0.39, 0.29) is 17.9 Å². The highest BCUT2D eigenvalue weighted by Gasteiger charge is 2.48. The molecule has 3 aliphatic rings. The molecule has 2 aliphatic carbocycles. The van der Waals surface area contributed by atoms with E-state index in [1.807, 2.05) is 0 Å². The van der Waals surface area contributed by atoms with Crippen LogP contribution in [-0.2, 0) is 19.1 Å². The number of cyclic esters (lactones) is 1.